The van der Waals surface area contributed by atoms with Crippen LogP contribution in [0, 0.1) is 6.92 Å². The number of benzene rings is 1. The number of pyridine rings is 1. The first kappa shape index (κ1) is 12.4. The lowest BCUT2D eigenvalue weighted by molar-refractivity contribution is 0.273. The summed E-state index contributed by atoms with van der Waals surface area (Å²) in [6, 6.07) is 9.75. The molecular formula is C14H16N2O2. The van der Waals surface area contributed by atoms with Crippen molar-refractivity contribution in [2.24, 2.45) is 0 Å². The molecule has 4 nitrogen and oxygen atoms in total. The van der Waals surface area contributed by atoms with Gasteiger partial charge in [-0.25, -0.2) is 0 Å². The largest absolute Gasteiger partial charge is 0.506 e. The Balaban J connectivity index is 2.17. The molecule has 1 heterocycles. The Labute approximate surface area is 106 Å². The van der Waals surface area contributed by atoms with Crippen LogP contribution in [0.2, 0.25) is 0 Å². The molecule has 0 saturated heterocycles. The first-order chi connectivity index (χ1) is 8.72. The third-order valence-corrected chi connectivity index (χ3v) is 2.85. The first-order valence-corrected chi connectivity index (χ1v) is 5.78. The van der Waals surface area contributed by atoms with Gasteiger partial charge in [0.2, 0.25) is 0 Å². The summed E-state index contributed by atoms with van der Waals surface area (Å²) in [4.78, 5) is 4.10. The van der Waals surface area contributed by atoms with Crippen molar-refractivity contribution in [1.82, 2.24) is 4.98 Å². The van der Waals surface area contributed by atoms with Crippen LogP contribution in [-0.2, 0) is 13.2 Å². The van der Waals surface area contributed by atoms with Gasteiger partial charge in [0, 0.05) is 24.0 Å². The summed E-state index contributed by atoms with van der Waals surface area (Å²) in [6.07, 6.45) is 1.68. The molecule has 0 fully saturated rings. The zero-order valence-electron chi connectivity index (χ0n) is 10.2. The van der Waals surface area contributed by atoms with E-state index in [2.05, 4.69) is 10.3 Å². The highest BCUT2D eigenvalue weighted by atomic mass is 16.3. The van der Waals surface area contributed by atoms with Gasteiger partial charge in [-0.15, -0.1) is 0 Å². The molecule has 0 radical (unpaired) electrons. The highest BCUT2D eigenvalue weighted by Crippen LogP contribution is 2.24. The lowest BCUT2D eigenvalue weighted by Gasteiger charge is -2.12. The molecule has 94 valence electrons. The third kappa shape index (κ3) is 2.60. The van der Waals surface area contributed by atoms with Crippen LogP contribution in [0.1, 0.15) is 16.8 Å². The molecule has 0 unspecified atom stereocenters. The second kappa shape index (κ2) is 5.51. The fraction of sp³-hybridized carbons (Fsp3) is 0.214. The highest BCUT2D eigenvalue weighted by molar-refractivity contribution is 5.46. The smallest absolute Gasteiger partial charge is 0.142 e. The SMILES string of the molecule is Cc1ncc(CNc2ccccc2)c(CO)c1O. The van der Waals surface area contributed by atoms with E-state index in [0.717, 1.165) is 11.3 Å². The molecule has 18 heavy (non-hydrogen) atoms. The number of aromatic hydroxyl groups is 1. The fourth-order valence-corrected chi connectivity index (χ4v) is 1.77. The van der Waals surface area contributed by atoms with Crippen molar-refractivity contribution in [3.8, 4) is 5.75 Å². The molecule has 2 aromatic rings. The fourth-order valence-electron chi connectivity index (χ4n) is 1.77. The molecule has 3 N–H and O–H groups in total. The molecule has 0 aliphatic carbocycles. The standard InChI is InChI=1S/C14H16N2O2/c1-10-14(18)13(9-17)11(7-15-10)8-16-12-5-3-2-4-6-12/h2-7,16-18H,8-9H2,1H3. The van der Waals surface area contributed by atoms with E-state index >= 15 is 0 Å². The summed E-state index contributed by atoms with van der Waals surface area (Å²) in [5.74, 6) is 0.0739. The van der Waals surface area contributed by atoms with Crippen molar-refractivity contribution >= 4 is 5.69 Å². The van der Waals surface area contributed by atoms with Crippen LogP contribution >= 0.6 is 0 Å². The summed E-state index contributed by atoms with van der Waals surface area (Å²) in [5.41, 5.74) is 2.85. The molecule has 0 atom stereocenters. The van der Waals surface area contributed by atoms with Crippen LogP contribution < -0.4 is 5.32 Å². The molecule has 0 aliphatic rings. The predicted octanol–water partition coefficient (Wildman–Crippen LogP) is 2.20. The van der Waals surface area contributed by atoms with Crippen molar-refractivity contribution in [2.75, 3.05) is 5.32 Å². The van der Waals surface area contributed by atoms with Crippen LogP contribution in [0.3, 0.4) is 0 Å². The molecule has 0 bridgehead atoms. The Kier molecular flexibility index (Phi) is 3.79. The topological polar surface area (TPSA) is 65.4 Å². The summed E-state index contributed by atoms with van der Waals surface area (Å²) in [6.45, 7) is 2.03. The van der Waals surface area contributed by atoms with Gasteiger partial charge in [-0.2, -0.15) is 0 Å². The van der Waals surface area contributed by atoms with E-state index in [1.807, 2.05) is 30.3 Å². The molecule has 1 aromatic heterocycles. The van der Waals surface area contributed by atoms with Gasteiger partial charge >= 0.3 is 0 Å². The van der Waals surface area contributed by atoms with Crippen LogP contribution in [-0.4, -0.2) is 15.2 Å². The number of aryl methyl sites for hydroxylation is 1. The number of aliphatic hydroxyl groups excluding tert-OH is 1. The number of aliphatic hydroxyl groups is 1. The normalized spacial score (nSPS) is 10.3. The number of hydrogen-bond acceptors (Lipinski definition) is 4. The van der Waals surface area contributed by atoms with E-state index in [4.69, 9.17) is 0 Å². The van der Waals surface area contributed by atoms with E-state index in [1.54, 1.807) is 13.1 Å². The Bertz CT molecular complexity index is 527. The van der Waals surface area contributed by atoms with Gasteiger partial charge in [0.15, 0.2) is 0 Å². The lowest BCUT2D eigenvalue weighted by Crippen LogP contribution is -2.05. The van der Waals surface area contributed by atoms with E-state index in [9.17, 15) is 10.2 Å². The maximum absolute atomic E-state index is 9.83. The summed E-state index contributed by atoms with van der Waals surface area (Å²) in [7, 11) is 0. The van der Waals surface area contributed by atoms with Crippen LogP contribution in [0.15, 0.2) is 36.5 Å². The van der Waals surface area contributed by atoms with Gasteiger partial charge < -0.3 is 15.5 Å². The molecule has 0 spiro atoms. The van der Waals surface area contributed by atoms with E-state index in [0.29, 0.717) is 17.8 Å². The number of aromatic nitrogens is 1. The Morgan fingerprint density at radius 2 is 1.94 bits per heavy atom. The van der Waals surface area contributed by atoms with Crippen LogP contribution in [0.25, 0.3) is 0 Å². The minimum Gasteiger partial charge on any atom is -0.506 e. The van der Waals surface area contributed by atoms with Crippen molar-refractivity contribution in [2.45, 2.75) is 20.1 Å². The summed E-state index contributed by atoms with van der Waals surface area (Å²) in [5, 5.41) is 22.4. The van der Waals surface area contributed by atoms with Crippen molar-refractivity contribution in [3.05, 3.63) is 53.3 Å². The average molecular weight is 244 g/mol. The van der Waals surface area contributed by atoms with E-state index in [-0.39, 0.29) is 12.4 Å². The molecular weight excluding hydrogens is 228 g/mol. The minimum atomic E-state index is -0.193. The molecule has 1 aromatic carbocycles. The van der Waals surface area contributed by atoms with Crippen molar-refractivity contribution < 1.29 is 10.2 Å². The van der Waals surface area contributed by atoms with Crippen molar-refractivity contribution in [3.63, 3.8) is 0 Å². The van der Waals surface area contributed by atoms with Gasteiger partial charge in [0.05, 0.1) is 12.3 Å². The number of anilines is 1. The Hall–Kier alpha value is -2.07. The molecule has 4 heteroatoms. The first-order valence-electron chi connectivity index (χ1n) is 5.78. The molecule has 0 saturated carbocycles. The third-order valence-electron chi connectivity index (χ3n) is 2.85. The minimum absolute atomic E-state index is 0.0739. The predicted molar refractivity (Wildman–Crippen MR) is 70.3 cm³/mol. The van der Waals surface area contributed by atoms with Gasteiger partial charge in [-0.05, 0) is 24.6 Å². The van der Waals surface area contributed by atoms with Crippen LogP contribution in [0.4, 0.5) is 5.69 Å². The monoisotopic (exact) mass is 244 g/mol. The number of hydrogen-bond donors (Lipinski definition) is 3. The van der Waals surface area contributed by atoms with Gasteiger partial charge in [0.1, 0.15) is 5.75 Å². The summed E-state index contributed by atoms with van der Waals surface area (Å²) < 4.78 is 0. The van der Waals surface area contributed by atoms with Crippen molar-refractivity contribution in [1.29, 1.82) is 0 Å². The summed E-state index contributed by atoms with van der Waals surface area (Å²) >= 11 is 0. The molecule has 0 aliphatic heterocycles. The lowest BCUT2D eigenvalue weighted by atomic mass is 10.1. The van der Waals surface area contributed by atoms with E-state index < -0.39 is 0 Å². The average Bonchev–Trinajstić information content (AvgIpc) is 2.41. The van der Waals surface area contributed by atoms with Gasteiger partial charge in [-0.1, -0.05) is 18.2 Å². The number of rotatable bonds is 4. The van der Waals surface area contributed by atoms with E-state index in [1.165, 1.54) is 0 Å². The zero-order chi connectivity index (χ0) is 13.0. The van der Waals surface area contributed by atoms with Crippen LogP contribution in [0.5, 0.6) is 5.75 Å². The van der Waals surface area contributed by atoms with Gasteiger partial charge in [0.25, 0.3) is 0 Å². The second-order valence-electron chi connectivity index (χ2n) is 4.07. The Morgan fingerprint density at radius 3 is 2.61 bits per heavy atom. The molecule has 0 amide bonds. The Morgan fingerprint density at radius 1 is 1.22 bits per heavy atom. The quantitative estimate of drug-likeness (QED) is 0.771. The zero-order valence-corrected chi connectivity index (χ0v) is 10.2. The van der Waals surface area contributed by atoms with Gasteiger partial charge in [-0.3, -0.25) is 4.98 Å². The number of nitrogens with zero attached hydrogens (tertiary/aromatic N) is 1. The number of nitrogens with one attached hydrogen (secondary N) is 1. The maximum Gasteiger partial charge on any atom is 0.142 e. The molecule has 2 rings (SSSR count). The second-order valence-corrected chi connectivity index (χ2v) is 4.07. The highest BCUT2D eigenvalue weighted by Gasteiger charge is 2.10. The maximum atomic E-state index is 9.83. The number of para-hydroxylation sites is 1.